The van der Waals surface area contributed by atoms with Crippen molar-refractivity contribution in [2.24, 2.45) is 11.3 Å². The molecule has 1 aliphatic carbocycles. The molecule has 1 amide bonds. The van der Waals surface area contributed by atoms with Gasteiger partial charge in [0.2, 0.25) is 0 Å². The van der Waals surface area contributed by atoms with Crippen molar-refractivity contribution in [3.05, 3.63) is 38.4 Å². The van der Waals surface area contributed by atoms with Crippen LogP contribution in [0.25, 0.3) is 0 Å². The van der Waals surface area contributed by atoms with Crippen LogP contribution in [-0.4, -0.2) is 5.91 Å². The van der Waals surface area contributed by atoms with Crippen LogP contribution < -0.4 is 5.32 Å². The van der Waals surface area contributed by atoms with Gasteiger partial charge >= 0.3 is 0 Å². The maximum atomic E-state index is 12.3. The van der Waals surface area contributed by atoms with Crippen LogP contribution in [0.4, 0.5) is 5.00 Å². The average Bonchev–Trinajstić information content (AvgIpc) is 3.21. The van der Waals surface area contributed by atoms with E-state index in [0.717, 1.165) is 36.2 Å². The van der Waals surface area contributed by atoms with Crippen LogP contribution in [0.5, 0.6) is 0 Å². The first-order valence-electron chi connectivity index (χ1n) is 8.35. The first-order chi connectivity index (χ1) is 11.5. The highest BCUT2D eigenvalue weighted by molar-refractivity contribution is 7.17. The third-order valence-corrected chi connectivity index (χ3v) is 7.40. The summed E-state index contributed by atoms with van der Waals surface area (Å²) in [5.74, 6) is 0.520. The molecule has 3 nitrogen and oxygen atoms in total. The monoisotopic (exact) mass is 358 g/mol. The van der Waals surface area contributed by atoms with Crippen molar-refractivity contribution in [1.82, 2.24) is 0 Å². The molecule has 126 valence electrons. The van der Waals surface area contributed by atoms with Gasteiger partial charge in [-0.15, -0.1) is 22.7 Å². The van der Waals surface area contributed by atoms with E-state index in [1.807, 2.05) is 11.4 Å². The largest absolute Gasteiger partial charge is 0.312 e. The summed E-state index contributed by atoms with van der Waals surface area (Å²) in [6.45, 7) is 6.92. The Hall–Kier alpha value is -1.64. The fourth-order valence-corrected chi connectivity index (χ4v) is 5.21. The van der Waals surface area contributed by atoms with Crippen molar-refractivity contribution in [2.75, 3.05) is 5.32 Å². The number of hydrogen-bond acceptors (Lipinski definition) is 4. The number of thiophene rings is 2. The van der Waals surface area contributed by atoms with Crippen molar-refractivity contribution in [2.45, 2.75) is 46.5 Å². The number of fused-ring (bicyclic) bond motifs is 1. The molecule has 1 N–H and O–H groups in total. The minimum Gasteiger partial charge on any atom is -0.312 e. The minimum absolute atomic E-state index is 0.120. The van der Waals surface area contributed by atoms with E-state index in [9.17, 15) is 10.1 Å². The molecule has 3 rings (SSSR count). The molecular formula is C19H22N2OS2. The summed E-state index contributed by atoms with van der Waals surface area (Å²) in [6, 6.07) is 5.99. The molecule has 0 aliphatic heterocycles. The number of anilines is 1. The van der Waals surface area contributed by atoms with E-state index in [4.69, 9.17) is 0 Å². The van der Waals surface area contributed by atoms with Crippen LogP contribution in [0.2, 0.25) is 0 Å². The van der Waals surface area contributed by atoms with Gasteiger partial charge in [0.1, 0.15) is 11.1 Å². The van der Waals surface area contributed by atoms with Gasteiger partial charge in [0.25, 0.3) is 5.91 Å². The number of nitriles is 1. The Kier molecular flexibility index (Phi) is 4.80. The highest BCUT2D eigenvalue weighted by Crippen LogP contribution is 2.45. The molecule has 0 saturated carbocycles. The van der Waals surface area contributed by atoms with E-state index in [1.165, 1.54) is 16.2 Å². The highest BCUT2D eigenvalue weighted by atomic mass is 32.1. The molecule has 2 aromatic heterocycles. The summed E-state index contributed by atoms with van der Waals surface area (Å²) in [4.78, 5) is 14.3. The number of hydrogen-bond donors (Lipinski definition) is 1. The van der Waals surface area contributed by atoms with E-state index in [-0.39, 0.29) is 5.91 Å². The van der Waals surface area contributed by atoms with Crippen molar-refractivity contribution >= 4 is 33.6 Å². The van der Waals surface area contributed by atoms with Crippen LogP contribution in [-0.2, 0) is 12.8 Å². The first kappa shape index (κ1) is 17.2. The third-order valence-electron chi connectivity index (χ3n) is 5.37. The number of amides is 1. The van der Waals surface area contributed by atoms with E-state index in [0.29, 0.717) is 21.8 Å². The predicted molar refractivity (Wildman–Crippen MR) is 101 cm³/mol. The minimum atomic E-state index is -0.120. The molecule has 0 fully saturated rings. The summed E-state index contributed by atoms with van der Waals surface area (Å²) >= 11 is 3.01. The van der Waals surface area contributed by atoms with Gasteiger partial charge in [0.15, 0.2) is 0 Å². The summed E-state index contributed by atoms with van der Waals surface area (Å²) in [5.41, 5.74) is 2.15. The molecule has 5 heteroatoms. The highest BCUT2D eigenvalue weighted by Gasteiger charge is 2.34. The maximum Gasteiger partial charge on any atom is 0.266 e. The average molecular weight is 359 g/mol. The van der Waals surface area contributed by atoms with Gasteiger partial charge in [-0.05, 0) is 47.6 Å². The fraction of sp³-hybridized carbons (Fsp3) is 0.474. The quantitative estimate of drug-likeness (QED) is 0.787. The Balaban J connectivity index is 1.86. The predicted octanol–water partition coefficient (Wildman–Crippen LogP) is 5.47. The SMILES string of the molecule is CCC(C)(C)[C@@H]1CCc2c(sc(NC(=O)c3cccs3)c2C#N)C1. The van der Waals surface area contributed by atoms with Gasteiger partial charge in [-0.1, -0.05) is 33.3 Å². The summed E-state index contributed by atoms with van der Waals surface area (Å²) in [5, 5.41) is 15.1. The van der Waals surface area contributed by atoms with Crippen LogP contribution >= 0.6 is 22.7 Å². The fourth-order valence-electron chi connectivity index (χ4n) is 3.32. The lowest BCUT2D eigenvalue weighted by molar-refractivity contribution is 0.103. The zero-order chi connectivity index (χ0) is 17.3. The van der Waals surface area contributed by atoms with Crippen molar-refractivity contribution < 1.29 is 4.79 Å². The molecule has 2 aromatic rings. The molecule has 0 unspecified atom stereocenters. The van der Waals surface area contributed by atoms with E-state index < -0.39 is 0 Å². The second kappa shape index (κ2) is 6.70. The molecule has 24 heavy (non-hydrogen) atoms. The normalized spacial score (nSPS) is 17.2. The Morgan fingerprint density at radius 3 is 2.92 bits per heavy atom. The van der Waals surface area contributed by atoms with Gasteiger partial charge in [-0.25, -0.2) is 0 Å². The molecule has 0 bridgehead atoms. The smallest absolute Gasteiger partial charge is 0.266 e. The number of nitrogens with zero attached hydrogens (tertiary/aromatic N) is 1. The Morgan fingerprint density at radius 2 is 2.29 bits per heavy atom. The number of carbonyl (C=O) groups excluding carboxylic acids is 1. The van der Waals surface area contributed by atoms with E-state index >= 15 is 0 Å². The third kappa shape index (κ3) is 3.13. The Bertz CT molecular complexity index is 781. The molecular weight excluding hydrogens is 336 g/mol. The van der Waals surface area contributed by atoms with Gasteiger partial charge in [0.05, 0.1) is 10.4 Å². The summed E-state index contributed by atoms with van der Waals surface area (Å²) < 4.78 is 0. The molecule has 1 aliphatic rings. The van der Waals surface area contributed by atoms with E-state index in [1.54, 1.807) is 17.4 Å². The summed E-state index contributed by atoms with van der Waals surface area (Å²) in [7, 11) is 0. The lowest BCUT2D eigenvalue weighted by Gasteiger charge is -2.36. The lowest BCUT2D eigenvalue weighted by atomic mass is 9.69. The van der Waals surface area contributed by atoms with Crippen LogP contribution in [0.3, 0.4) is 0 Å². The molecule has 1 atom stereocenters. The van der Waals surface area contributed by atoms with Crippen molar-refractivity contribution in [1.29, 1.82) is 5.26 Å². The zero-order valence-electron chi connectivity index (χ0n) is 14.3. The second-order valence-electron chi connectivity index (χ2n) is 7.03. The van der Waals surface area contributed by atoms with Gasteiger partial charge in [-0.2, -0.15) is 5.26 Å². The van der Waals surface area contributed by atoms with Gasteiger partial charge in [0, 0.05) is 4.88 Å². The number of carbonyl (C=O) groups is 1. The zero-order valence-corrected chi connectivity index (χ0v) is 15.9. The lowest BCUT2D eigenvalue weighted by Crippen LogP contribution is -2.28. The van der Waals surface area contributed by atoms with Crippen molar-refractivity contribution in [3.8, 4) is 6.07 Å². The topological polar surface area (TPSA) is 52.9 Å². The molecule has 0 saturated heterocycles. The van der Waals surface area contributed by atoms with E-state index in [2.05, 4.69) is 32.2 Å². The molecule has 0 aromatic carbocycles. The Morgan fingerprint density at radius 1 is 1.50 bits per heavy atom. The summed E-state index contributed by atoms with van der Waals surface area (Å²) in [6.07, 6.45) is 4.24. The molecule has 0 spiro atoms. The van der Waals surface area contributed by atoms with Crippen LogP contribution in [0.1, 0.15) is 59.3 Å². The van der Waals surface area contributed by atoms with Gasteiger partial charge in [-0.3, -0.25) is 4.79 Å². The number of nitrogens with one attached hydrogen (secondary N) is 1. The van der Waals surface area contributed by atoms with Crippen LogP contribution in [0, 0.1) is 22.7 Å². The standard InChI is InChI=1S/C19H22N2OS2/c1-4-19(2,3)12-7-8-13-14(11-20)18(24-16(13)10-12)21-17(22)15-6-5-9-23-15/h5-6,9,12H,4,7-8,10H2,1-3H3,(H,21,22)/t12-/m1/s1. The first-order valence-corrected chi connectivity index (χ1v) is 10.1. The second-order valence-corrected chi connectivity index (χ2v) is 9.09. The molecule has 2 heterocycles. The number of rotatable bonds is 4. The maximum absolute atomic E-state index is 12.3. The van der Waals surface area contributed by atoms with Crippen LogP contribution in [0.15, 0.2) is 17.5 Å². The Labute approximate surface area is 151 Å². The molecule has 0 radical (unpaired) electrons. The van der Waals surface area contributed by atoms with Gasteiger partial charge < -0.3 is 5.32 Å². The van der Waals surface area contributed by atoms with Crippen molar-refractivity contribution in [3.63, 3.8) is 0 Å².